The molecule has 0 radical (unpaired) electrons. The quantitative estimate of drug-likeness (QED) is 0.875. The number of likely N-dealkylation sites (tertiary alicyclic amines) is 1. The zero-order valence-corrected chi connectivity index (χ0v) is 11.9. The van der Waals surface area contributed by atoms with E-state index in [-0.39, 0.29) is 22.7 Å². The van der Waals surface area contributed by atoms with Crippen LogP contribution in [0, 0.1) is 0 Å². The summed E-state index contributed by atoms with van der Waals surface area (Å²) < 4.78 is 0. The zero-order valence-electron chi connectivity index (χ0n) is 11.2. The van der Waals surface area contributed by atoms with Crippen LogP contribution in [0.25, 0.3) is 0 Å². The molecule has 2 N–H and O–H groups in total. The van der Waals surface area contributed by atoms with Gasteiger partial charge in [0, 0.05) is 24.2 Å². The minimum absolute atomic E-state index is 0.00821. The molecule has 2 atom stereocenters. The topological polar surface area (TPSA) is 52.6 Å². The summed E-state index contributed by atoms with van der Waals surface area (Å²) >= 11 is 5.81. The summed E-state index contributed by atoms with van der Waals surface area (Å²) in [6, 6.07) is 5.18. The van der Waals surface area contributed by atoms with Crippen LogP contribution in [-0.4, -0.2) is 41.6 Å². The number of benzene rings is 1. The molecule has 1 aromatic rings. The van der Waals surface area contributed by atoms with E-state index in [2.05, 4.69) is 24.2 Å². The molecule has 0 aliphatic carbocycles. The molecule has 19 heavy (non-hydrogen) atoms. The minimum atomic E-state index is -0.136. The Bertz CT molecular complexity index is 479. The second kappa shape index (κ2) is 5.80. The molecule has 1 aliphatic rings. The first-order valence-electron chi connectivity index (χ1n) is 6.47. The van der Waals surface area contributed by atoms with Crippen molar-refractivity contribution < 1.29 is 9.90 Å². The average molecular weight is 283 g/mol. The molecule has 0 saturated carbocycles. The van der Waals surface area contributed by atoms with E-state index in [0.717, 1.165) is 19.4 Å². The van der Waals surface area contributed by atoms with Crippen LogP contribution in [0.3, 0.4) is 0 Å². The highest BCUT2D eigenvalue weighted by atomic mass is 35.5. The highest BCUT2D eigenvalue weighted by Crippen LogP contribution is 2.24. The van der Waals surface area contributed by atoms with Crippen molar-refractivity contribution in [3.05, 3.63) is 28.8 Å². The fourth-order valence-corrected chi connectivity index (χ4v) is 2.52. The van der Waals surface area contributed by atoms with Gasteiger partial charge in [0.2, 0.25) is 0 Å². The van der Waals surface area contributed by atoms with Gasteiger partial charge >= 0.3 is 0 Å². The van der Waals surface area contributed by atoms with Gasteiger partial charge in [-0.3, -0.25) is 4.79 Å². The number of phenolic OH excluding ortho intramolecular Hbond substituents is 1. The molecule has 2 rings (SSSR count). The first kappa shape index (κ1) is 14.2. The molecule has 0 aromatic heterocycles. The first-order chi connectivity index (χ1) is 8.97. The third kappa shape index (κ3) is 3.39. The molecule has 1 saturated heterocycles. The number of nitrogens with zero attached hydrogens (tertiary/aromatic N) is 1. The van der Waals surface area contributed by atoms with E-state index >= 15 is 0 Å². The molecule has 1 heterocycles. The van der Waals surface area contributed by atoms with Crippen LogP contribution in [0.2, 0.25) is 5.02 Å². The lowest BCUT2D eigenvalue weighted by atomic mass is 9.98. The van der Waals surface area contributed by atoms with Gasteiger partial charge in [-0.25, -0.2) is 0 Å². The lowest BCUT2D eigenvalue weighted by molar-refractivity contribution is 0.0896. The van der Waals surface area contributed by atoms with Gasteiger partial charge in [-0.15, -0.1) is 0 Å². The number of amides is 1. The van der Waals surface area contributed by atoms with Crippen molar-refractivity contribution in [2.24, 2.45) is 0 Å². The van der Waals surface area contributed by atoms with E-state index < -0.39 is 0 Å². The van der Waals surface area contributed by atoms with Gasteiger partial charge in [-0.1, -0.05) is 11.6 Å². The Morgan fingerprint density at radius 3 is 2.89 bits per heavy atom. The molecule has 1 fully saturated rings. The number of carbonyl (C=O) groups excluding carboxylic acids is 1. The maximum atomic E-state index is 12.1. The van der Waals surface area contributed by atoms with Gasteiger partial charge in [0.1, 0.15) is 5.75 Å². The number of aromatic hydroxyl groups is 1. The summed E-state index contributed by atoms with van der Waals surface area (Å²) in [5, 5.41) is 12.6. The fraction of sp³-hybridized carbons (Fsp3) is 0.500. The van der Waals surface area contributed by atoms with Crippen LogP contribution in [0.4, 0.5) is 0 Å². The van der Waals surface area contributed by atoms with E-state index in [1.165, 1.54) is 12.1 Å². The number of nitrogens with one attached hydrogen (secondary N) is 1. The summed E-state index contributed by atoms with van der Waals surface area (Å²) in [6.45, 7) is 3.15. The fourth-order valence-electron chi connectivity index (χ4n) is 2.34. The number of hydrogen-bond acceptors (Lipinski definition) is 3. The van der Waals surface area contributed by atoms with Crippen LogP contribution in [-0.2, 0) is 0 Å². The molecule has 1 aromatic carbocycles. The average Bonchev–Trinajstić information content (AvgIpc) is 2.37. The lowest BCUT2D eigenvalue weighted by Crippen LogP contribution is -2.47. The lowest BCUT2D eigenvalue weighted by Gasteiger charge is -2.35. The van der Waals surface area contributed by atoms with Crippen molar-refractivity contribution in [2.45, 2.75) is 31.8 Å². The van der Waals surface area contributed by atoms with E-state index in [1.54, 1.807) is 6.07 Å². The Morgan fingerprint density at radius 2 is 2.26 bits per heavy atom. The normalized spacial score (nSPS) is 24.2. The standard InChI is InChI=1S/C14H19ClN2O2/c1-9-7-11(5-6-17(9)2)16-14(19)10-3-4-13(18)12(15)8-10/h3-4,8-9,11,18H,5-7H2,1-2H3,(H,16,19). The summed E-state index contributed by atoms with van der Waals surface area (Å²) in [6.07, 6.45) is 1.91. The Labute approximate surface area is 118 Å². The Morgan fingerprint density at radius 1 is 1.53 bits per heavy atom. The number of carbonyl (C=O) groups is 1. The van der Waals surface area contributed by atoms with Crippen LogP contribution < -0.4 is 5.32 Å². The maximum Gasteiger partial charge on any atom is 0.251 e. The molecule has 1 aliphatic heterocycles. The van der Waals surface area contributed by atoms with Crippen molar-refractivity contribution in [1.29, 1.82) is 0 Å². The van der Waals surface area contributed by atoms with Gasteiger partial charge in [-0.05, 0) is 45.0 Å². The summed E-state index contributed by atoms with van der Waals surface area (Å²) in [5.41, 5.74) is 0.481. The van der Waals surface area contributed by atoms with Gasteiger partial charge in [0.25, 0.3) is 5.91 Å². The third-order valence-corrected chi connectivity index (χ3v) is 4.06. The van der Waals surface area contributed by atoms with Crippen molar-refractivity contribution in [3.63, 3.8) is 0 Å². The molecule has 2 unspecified atom stereocenters. The van der Waals surface area contributed by atoms with Crippen molar-refractivity contribution in [2.75, 3.05) is 13.6 Å². The second-order valence-electron chi connectivity index (χ2n) is 5.19. The molecular formula is C14H19ClN2O2. The van der Waals surface area contributed by atoms with Gasteiger partial charge in [0.15, 0.2) is 0 Å². The van der Waals surface area contributed by atoms with E-state index in [4.69, 9.17) is 11.6 Å². The smallest absolute Gasteiger partial charge is 0.251 e. The Kier molecular flexibility index (Phi) is 4.32. The Balaban J connectivity index is 1.99. The minimum Gasteiger partial charge on any atom is -0.506 e. The summed E-state index contributed by atoms with van der Waals surface area (Å²) in [4.78, 5) is 14.4. The van der Waals surface area contributed by atoms with Gasteiger partial charge < -0.3 is 15.3 Å². The highest BCUT2D eigenvalue weighted by Gasteiger charge is 2.24. The molecular weight excluding hydrogens is 264 g/mol. The van der Waals surface area contributed by atoms with E-state index in [9.17, 15) is 9.90 Å². The van der Waals surface area contributed by atoms with E-state index in [1.807, 2.05) is 0 Å². The van der Waals surface area contributed by atoms with Gasteiger partial charge in [-0.2, -0.15) is 0 Å². The molecule has 4 nitrogen and oxygen atoms in total. The SMILES string of the molecule is CC1CC(NC(=O)c2ccc(O)c(Cl)c2)CCN1C. The number of piperidine rings is 1. The monoisotopic (exact) mass is 282 g/mol. The van der Waals surface area contributed by atoms with Crippen molar-refractivity contribution in [3.8, 4) is 5.75 Å². The predicted octanol–water partition coefficient (Wildman–Crippen LogP) is 2.26. The zero-order chi connectivity index (χ0) is 14.0. The molecule has 104 valence electrons. The number of phenols is 1. The van der Waals surface area contributed by atoms with E-state index in [0.29, 0.717) is 11.6 Å². The molecule has 1 amide bonds. The number of halogens is 1. The van der Waals surface area contributed by atoms with Crippen molar-refractivity contribution in [1.82, 2.24) is 10.2 Å². The molecule has 0 bridgehead atoms. The maximum absolute atomic E-state index is 12.1. The van der Waals surface area contributed by atoms with Crippen LogP contribution >= 0.6 is 11.6 Å². The van der Waals surface area contributed by atoms with Gasteiger partial charge in [0.05, 0.1) is 5.02 Å². The number of rotatable bonds is 2. The molecule has 0 spiro atoms. The summed E-state index contributed by atoms with van der Waals surface area (Å²) in [7, 11) is 2.10. The first-order valence-corrected chi connectivity index (χ1v) is 6.85. The van der Waals surface area contributed by atoms with Crippen LogP contribution in [0.1, 0.15) is 30.1 Å². The largest absolute Gasteiger partial charge is 0.506 e. The predicted molar refractivity (Wildman–Crippen MR) is 75.7 cm³/mol. The highest BCUT2D eigenvalue weighted by molar-refractivity contribution is 6.32. The second-order valence-corrected chi connectivity index (χ2v) is 5.60. The summed E-state index contributed by atoms with van der Waals surface area (Å²) in [5.74, 6) is -0.144. The van der Waals surface area contributed by atoms with Crippen LogP contribution in [0.15, 0.2) is 18.2 Å². The molecule has 5 heteroatoms. The van der Waals surface area contributed by atoms with Crippen molar-refractivity contribution >= 4 is 17.5 Å². The number of hydrogen-bond donors (Lipinski definition) is 2. The van der Waals surface area contributed by atoms with Crippen LogP contribution in [0.5, 0.6) is 5.75 Å². The Hall–Kier alpha value is -1.26. The third-order valence-electron chi connectivity index (χ3n) is 3.75.